The fourth-order valence-corrected chi connectivity index (χ4v) is 3.17. The molecule has 3 rings (SSSR count). The molecule has 0 aliphatic carbocycles. The Morgan fingerprint density at radius 2 is 1.93 bits per heavy atom. The Kier molecular flexibility index (Phi) is 7.53. The van der Waals surface area contributed by atoms with Crippen LogP contribution in [0.3, 0.4) is 0 Å². The molecular formula is C20H29N5O2. The normalized spacial score (nSPS) is 14.2. The van der Waals surface area contributed by atoms with Gasteiger partial charge in [0.2, 0.25) is 0 Å². The first-order valence-electron chi connectivity index (χ1n) is 9.77. The molecule has 2 N–H and O–H groups in total. The van der Waals surface area contributed by atoms with Crippen molar-refractivity contribution in [1.82, 2.24) is 20.0 Å². The van der Waals surface area contributed by atoms with Gasteiger partial charge in [-0.2, -0.15) is 5.10 Å². The van der Waals surface area contributed by atoms with E-state index in [0.717, 1.165) is 44.0 Å². The van der Waals surface area contributed by atoms with Gasteiger partial charge >= 0.3 is 6.03 Å². The van der Waals surface area contributed by atoms with Gasteiger partial charge in [0.15, 0.2) is 0 Å². The van der Waals surface area contributed by atoms with Crippen molar-refractivity contribution in [3.63, 3.8) is 0 Å². The molecule has 7 heteroatoms. The number of carbonyl (C=O) groups excluding carboxylic acids is 1. The Bertz CT molecular complexity index is 666. The van der Waals surface area contributed by atoms with Gasteiger partial charge in [-0.25, -0.2) is 4.79 Å². The molecule has 0 spiro atoms. The third-order valence-corrected chi connectivity index (χ3v) is 4.61. The van der Waals surface area contributed by atoms with Gasteiger partial charge in [-0.3, -0.25) is 4.68 Å². The predicted molar refractivity (Wildman–Crippen MR) is 106 cm³/mol. The second kappa shape index (κ2) is 10.6. The number of likely N-dealkylation sites (tertiary alicyclic amines) is 1. The lowest BCUT2D eigenvalue weighted by atomic mass is 10.3. The van der Waals surface area contributed by atoms with Crippen molar-refractivity contribution in [3.8, 4) is 5.75 Å². The Morgan fingerprint density at radius 3 is 2.67 bits per heavy atom. The molecule has 27 heavy (non-hydrogen) atoms. The van der Waals surface area contributed by atoms with Gasteiger partial charge in [-0.05, 0) is 69.1 Å². The zero-order chi connectivity index (χ0) is 18.7. The zero-order valence-corrected chi connectivity index (χ0v) is 15.8. The molecular weight excluding hydrogens is 342 g/mol. The molecule has 0 radical (unpaired) electrons. The maximum atomic E-state index is 11.9. The summed E-state index contributed by atoms with van der Waals surface area (Å²) in [6.07, 6.45) is 8.19. The van der Waals surface area contributed by atoms with Gasteiger partial charge in [0, 0.05) is 37.7 Å². The van der Waals surface area contributed by atoms with Crippen LogP contribution in [0, 0.1) is 0 Å². The van der Waals surface area contributed by atoms with Crippen LogP contribution in [-0.2, 0) is 6.54 Å². The summed E-state index contributed by atoms with van der Waals surface area (Å²) >= 11 is 0. The Hall–Kier alpha value is -2.54. The molecule has 1 aliphatic heterocycles. The maximum absolute atomic E-state index is 11.9. The van der Waals surface area contributed by atoms with Crippen LogP contribution in [0.15, 0.2) is 42.7 Å². The van der Waals surface area contributed by atoms with E-state index in [9.17, 15) is 4.79 Å². The van der Waals surface area contributed by atoms with Crippen molar-refractivity contribution in [2.75, 3.05) is 38.1 Å². The van der Waals surface area contributed by atoms with Gasteiger partial charge in [0.05, 0.1) is 6.61 Å². The summed E-state index contributed by atoms with van der Waals surface area (Å²) in [5, 5.41) is 9.81. The summed E-state index contributed by atoms with van der Waals surface area (Å²) in [6, 6.07) is 9.20. The van der Waals surface area contributed by atoms with Crippen LogP contribution in [0.25, 0.3) is 0 Å². The molecule has 1 saturated heterocycles. The van der Waals surface area contributed by atoms with Crippen LogP contribution in [-0.4, -0.2) is 53.5 Å². The van der Waals surface area contributed by atoms with Crippen molar-refractivity contribution < 1.29 is 9.53 Å². The number of urea groups is 1. The fourth-order valence-electron chi connectivity index (χ4n) is 3.17. The number of aromatic nitrogens is 2. The SMILES string of the molecule is O=C(NCCCn1cccn1)Nc1ccc(OCCCN2CCCC2)cc1. The van der Waals surface area contributed by atoms with E-state index in [1.54, 1.807) is 6.20 Å². The molecule has 0 bridgehead atoms. The highest BCUT2D eigenvalue weighted by atomic mass is 16.5. The standard InChI is InChI=1S/C20H29N5O2/c26-20(21-10-3-15-25-16-4-11-22-25)23-18-6-8-19(9-7-18)27-17-5-14-24-12-1-2-13-24/h4,6-9,11,16H,1-3,5,10,12-15,17H2,(H2,21,23,26). The molecule has 2 aromatic rings. The number of amides is 2. The number of anilines is 1. The van der Waals surface area contributed by atoms with E-state index < -0.39 is 0 Å². The third-order valence-electron chi connectivity index (χ3n) is 4.61. The van der Waals surface area contributed by atoms with E-state index in [1.165, 1.54) is 25.9 Å². The molecule has 7 nitrogen and oxygen atoms in total. The second-order valence-corrected chi connectivity index (χ2v) is 6.78. The zero-order valence-electron chi connectivity index (χ0n) is 15.8. The molecule has 1 aromatic carbocycles. The van der Waals surface area contributed by atoms with Gasteiger partial charge in [-0.15, -0.1) is 0 Å². The quantitative estimate of drug-likeness (QED) is 0.630. The average Bonchev–Trinajstić information content (AvgIpc) is 3.38. The predicted octanol–water partition coefficient (Wildman–Crippen LogP) is 2.96. The maximum Gasteiger partial charge on any atom is 0.319 e. The summed E-state index contributed by atoms with van der Waals surface area (Å²) < 4.78 is 7.63. The number of hydrogen-bond donors (Lipinski definition) is 2. The number of carbonyl (C=O) groups is 1. The minimum absolute atomic E-state index is 0.199. The number of rotatable bonds is 10. The van der Waals surface area contributed by atoms with E-state index in [2.05, 4.69) is 20.6 Å². The first-order valence-corrected chi connectivity index (χ1v) is 9.77. The van der Waals surface area contributed by atoms with Crippen LogP contribution >= 0.6 is 0 Å². The number of ether oxygens (including phenoxy) is 1. The smallest absolute Gasteiger partial charge is 0.319 e. The molecule has 2 amide bonds. The van der Waals surface area contributed by atoms with E-state index in [-0.39, 0.29) is 6.03 Å². The van der Waals surface area contributed by atoms with Crippen molar-refractivity contribution in [3.05, 3.63) is 42.7 Å². The number of aryl methyl sites for hydroxylation is 1. The van der Waals surface area contributed by atoms with Crippen molar-refractivity contribution in [1.29, 1.82) is 0 Å². The highest BCUT2D eigenvalue weighted by Crippen LogP contribution is 2.16. The van der Waals surface area contributed by atoms with Crippen LogP contribution in [0.2, 0.25) is 0 Å². The second-order valence-electron chi connectivity index (χ2n) is 6.78. The van der Waals surface area contributed by atoms with Gasteiger partial charge in [0.1, 0.15) is 5.75 Å². The third kappa shape index (κ3) is 6.94. The lowest BCUT2D eigenvalue weighted by molar-refractivity contribution is 0.251. The summed E-state index contributed by atoms with van der Waals surface area (Å²) in [4.78, 5) is 14.4. The molecule has 1 aromatic heterocycles. The molecule has 1 aliphatic rings. The van der Waals surface area contributed by atoms with Crippen LogP contribution < -0.4 is 15.4 Å². The van der Waals surface area contributed by atoms with Crippen molar-refractivity contribution in [2.45, 2.75) is 32.2 Å². The number of nitrogens with zero attached hydrogens (tertiary/aromatic N) is 3. The van der Waals surface area contributed by atoms with E-state index in [4.69, 9.17) is 4.74 Å². The molecule has 0 unspecified atom stereocenters. The first-order chi connectivity index (χ1) is 13.3. The fraction of sp³-hybridized carbons (Fsp3) is 0.500. The molecule has 0 atom stereocenters. The number of nitrogens with one attached hydrogen (secondary N) is 2. The largest absolute Gasteiger partial charge is 0.494 e. The topological polar surface area (TPSA) is 71.4 Å². The average molecular weight is 371 g/mol. The van der Waals surface area contributed by atoms with Crippen LogP contribution in [0.5, 0.6) is 5.75 Å². The van der Waals surface area contributed by atoms with Crippen molar-refractivity contribution in [2.24, 2.45) is 0 Å². The lowest BCUT2D eigenvalue weighted by Crippen LogP contribution is -2.30. The van der Waals surface area contributed by atoms with Crippen LogP contribution in [0.4, 0.5) is 10.5 Å². The first kappa shape index (κ1) is 19.2. The van der Waals surface area contributed by atoms with E-state index in [1.807, 2.05) is 41.2 Å². The van der Waals surface area contributed by atoms with E-state index >= 15 is 0 Å². The Balaban J connectivity index is 1.27. The van der Waals surface area contributed by atoms with Gasteiger partial charge in [0.25, 0.3) is 0 Å². The summed E-state index contributed by atoms with van der Waals surface area (Å²) in [6.45, 7) is 5.68. The highest BCUT2D eigenvalue weighted by Gasteiger charge is 2.10. The van der Waals surface area contributed by atoms with E-state index in [0.29, 0.717) is 6.54 Å². The van der Waals surface area contributed by atoms with Crippen molar-refractivity contribution >= 4 is 11.7 Å². The van der Waals surface area contributed by atoms with Crippen LogP contribution in [0.1, 0.15) is 25.7 Å². The highest BCUT2D eigenvalue weighted by molar-refractivity contribution is 5.89. The monoisotopic (exact) mass is 371 g/mol. The number of hydrogen-bond acceptors (Lipinski definition) is 4. The molecule has 2 heterocycles. The molecule has 0 saturated carbocycles. The minimum atomic E-state index is -0.199. The molecule has 146 valence electrons. The summed E-state index contributed by atoms with van der Waals surface area (Å²) in [7, 11) is 0. The minimum Gasteiger partial charge on any atom is -0.494 e. The Labute approximate surface area is 160 Å². The number of benzene rings is 1. The van der Waals surface area contributed by atoms with Gasteiger partial charge < -0.3 is 20.3 Å². The molecule has 1 fully saturated rings. The summed E-state index contributed by atoms with van der Waals surface area (Å²) in [5.41, 5.74) is 0.754. The lowest BCUT2D eigenvalue weighted by Gasteiger charge is -2.14. The Morgan fingerprint density at radius 1 is 1.11 bits per heavy atom. The summed E-state index contributed by atoms with van der Waals surface area (Å²) in [5.74, 6) is 0.835. The van der Waals surface area contributed by atoms with Gasteiger partial charge in [-0.1, -0.05) is 0 Å².